The van der Waals surface area contributed by atoms with E-state index in [2.05, 4.69) is 10.4 Å². The minimum Gasteiger partial charge on any atom is -0.317 e. The zero-order chi connectivity index (χ0) is 10.7. The van der Waals surface area contributed by atoms with E-state index >= 15 is 0 Å². The molecule has 1 aliphatic heterocycles. The van der Waals surface area contributed by atoms with Gasteiger partial charge in [-0.3, -0.25) is 4.79 Å². The molecule has 0 aromatic carbocycles. The highest BCUT2D eigenvalue weighted by Gasteiger charge is 2.17. The molecule has 2 heterocycles. The van der Waals surface area contributed by atoms with Gasteiger partial charge in [0.15, 0.2) is 0 Å². The van der Waals surface area contributed by atoms with Gasteiger partial charge in [-0.05, 0) is 44.3 Å². The van der Waals surface area contributed by atoms with Crippen molar-refractivity contribution in [3.8, 4) is 0 Å². The Morgan fingerprint density at radius 2 is 2.33 bits per heavy atom. The summed E-state index contributed by atoms with van der Waals surface area (Å²) in [6.45, 7) is 4.02. The van der Waals surface area contributed by atoms with Crippen LogP contribution in [-0.4, -0.2) is 28.8 Å². The highest BCUT2D eigenvalue weighted by atomic mass is 16.2. The van der Waals surface area contributed by atoms with E-state index in [0.29, 0.717) is 12.3 Å². The van der Waals surface area contributed by atoms with Crippen molar-refractivity contribution in [2.75, 3.05) is 13.1 Å². The lowest BCUT2D eigenvalue weighted by Gasteiger charge is -2.21. The molecule has 1 saturated heterocycles. The Labute approximate surface area is 89.7 Å². The Morgan fingerprint density at radius 3 is 2.93 bits per heavy atom. The Morgan fingerprint density at radius 1 is 1.60 bits per heavy atom. The van der Waals surface area contributed by atoms with Gasteiger partial charge in [-0.2, -0.15) is 5.10 Å². The number of nitrogens with one attached hydrogen (secondary N) is 1. The third-order valence-corrected chi connectivity index (χ3v) is 2.89. The topological polar surface area (TPSA) is 46.9 Å². The molecule has 0 unspecified atom stereocenters. The summed E-state index contributed by atoms with van der Waals surface area (Å²) in [7, 11) is 0. The average Bonchev–Trinajstić information content (AvgIpc) is 2.66. The molecule has 0 saturated carbocycles. The number of aryl methyl sites for hydroxylation is 1. The van der Waals surface area contributed by atoms with Crippen molar-refractivity contribution in [3.63, 3.8) is 0 Å². The summed E-state index contributed by atoms with van der Waals surface area (Å²) in [5, 5.41) is 7.33. The first-order valence-electron chi connectivity index (χ1n) is 5.51. The lowest BCUT2D eigenvalue weighted by molar-refractivity contribution is 0.0854. The van der Waals surface area contributed by atoms with Crippen LogP contribution in [0.25, 0.3) is 0 Å². The standard InChI is InChI=1S/C11H17N3O/c1-9-7-13-14(8-9)11(15)6-10-2-4-12-5-3-10/h7-8,10,12H,2-6H2,1H3. The average molecular weight is 207 g/mol. The maximum absolute atomic E-state index is 11.8. The van der Waals surface area contributed by atoms with E-state index in [1.807, 2.05) is 6.92 Å². The van der Waals surface area contributed by atoms with Gasteiger partial charge in [0.25, 0.3) is 0 Å². The van der Waals surface area contributed by atoms with E-state index in [-0.39, 0.29) is 5.91 Å². The van der Waals surface area contributed by atoms with Gasteiger partial charge in [0.1, 0.15) is 0 Å². The van der Waals surface area contributed by atoms with Crippen LogP contribution in [-0.2, 0) is 0 Å². The lowest BCUT2D eigenvalue weighted by Crippen LogP contribution is -2.29. The number of hydrogen-bond acceptors (Lipinski definition) is 3. The maximum Gasteiger partial charge on any atom is 0.247 e. The van der Waals surface area contributed by atoms with Crippen LogP contribution in [0.2, 0.25) is 0 Å². The summed E-state index contributed by atoms with van der Waals surface area (Å²) in [5.74, 6) is 0.651. The van der Waals surface area contributed by atoms with Crippen molar-refractivity contribution < 1.29 is 4.79 Å². The molecule has 4 heteroatoms. The van der Waals surface area contributed by atoms with Crippen LogP contribution in [0, 0.1) is 12.8 Å². The highest BCUT2D eigenvalue weighted by Crippen LogP contribution is 2.16. The van der Waals surface area contributed by atoms with E-state index in [0.717, 1.165) is 31.5 Å². The van der Waals surface area contributed by atoms with Crippen LogP contribution in [0.5, 0.6) is 0 Å². The molecule has 1 aromatic heterocycles. The fourth-order valence-electron chi connectivity index (χ4n) is 1.98. The molecule has 1 fully saturated rings. The molecule has 4 nitrogen and oxygen atoms in total. The van der Waals surface area contributed by atoms with Gasteiger partial charge in [-0.15, -0.1) is 0 Å². The van der Waals surface area contributed by atoms with E-state index in [1.54, 1.807) is 12.4 Å². The normalized spacial score (nSPS) is 17.9. The third kappa shape index (κ3) is 2.65. The predicted molar refractivity (Wildman–Crippen MR) is 57.8 cm³/mol. The summed E-state index contributed by atoms with van der Waals surface area (Å²) in [4.78, 5) is 11.8. The van der Waals surface area contributed by atoms with Crippen molar-refractivity contribution in [2.24, 2.45) is 5.92 Å². The summed E-state index contributed by atoms with van der Waals surface area (Å²) in [6.07, 6.45) is 6.35. The minimum absolute atomic E-state index is 0.120. The van der Waals surface area contributed by atoms with Gasteiger partial charge in [-0.1, -0.05) is 0 Å². The largest absolute Gasteiger partial charge is 0.317 e. The maximum atomic E-state index is 11.8. The summed E-state index contributed by atoms with van der Waals surface area (Å²) >= 11 is 0. The Hall–Kier alpha value is -1.16. The second-order valence-corrected chi connectivity index (χ2v) is 4.25. The molecule has 0 aliphatic carbocycles. The van der Waals surface area contributed by atoms with Crippen LogP contribution in [0.1, 0.15) is 29.6 Å². The number of piperidine rings is 1. The quantitative estimate of drug-likeness (QED) is 0.793. The molecular formula is C11H17N3O. The molecule has 0 atom stereocenters. The number of carbonyl (C=O) groups excluding carboxylic acids is 1. The van der Waals surface area contributed by atoms with Crippen LogP contribution >= 0.6 is 0 Å². The van der Waals surface area contributed by atoms with Gasteiger partial charge >= 0.3 is 0 Å². The van der Waals surface area contributed by atoms with E-state index in [9.17, 15) is 4.79 Å². The van der Waals surface area contributed by atoms with Gasteiger partial charge in [0, 0.05) is 12.6 Å². The van der Waals surface area contributed by atoms with Gasteiger partial charge < -0.3 is 5.32 Å². The van der Waals surface area contributed by atoms with Crippen molar-refractivity contribution in [1.82, 2.24) is 15.1 Å². The summed E-state index contributed by atoms with van der Waals surface area (Å²) in [5.41, 5.74) is 1.04. The molecule has 0 amide bonds. The minimum atomic E-state index is 0.120. The van der Waals surface area contributed by atoms with E-state index in [1.165, 1.54) is 4.68 Å². The first-order valence-corrected chi connectivity index (χ1v) is 5.51. The van der Waals surface area contributed by atoms with Gasteiger partial charge in [0.05, 0.1) is 6.20 Å². The highest BCUT2D eigenvalue weighted by molar-refractivity contribution is 5.78. The monoisotopic (exact) mass is 207 g/mol. The molecule has 0 radical (unpaired) electrons. The Balaban J connectivity index is 1.91. The first-order chi connectivity index (χ1) is 7.25. The fraction of sp³-hybridized carbons (Fsp3) is 0.636. The lowest BCUT2D eigenvalue weighted by atomic mass is 9.94. The molecule has 82 valence electrons. The smallest absolute Gasteiger partial charge is 0.247 e. The number of rotatable bonds is 2. The number of carbonyl (C=O) groups is 1. The second kappa shape index (κ2) is 4.57. The Bertz CT molecular complexity index is 339. The molecule has 15 heavy (non-hydrogen) atoms. The van der Waals surface area contributed by atoms with Gasteiger partial charge in [0.2, 0.25) is 5.91 Å². The number of nitrogens with zero attached hydrogens (tertiary/aromatic N) is 2. The van der Waals surface area contributed by atoms with Crippen molar-refractivity contribution in [3.05, 3.63) is 18.0 Å². The molecule has 2 rings (SSSR count). The van der Waals surface area contributed by atoms with Crippen LogP contribution in [0.15, 0.2) is 12.4 Å². The van der Waals surface area contributed by atoms with Gasteiger partial charge in [-0.25, -0.2) is 4.68 Å². The molecular weight excluding hydrogens is 190 g/mol. The molecule has 0 spiro atoms. The van der Waals surface area contributed by atoms with Crippen molar-refractivity contribution in [2.45, 2.75) is 26.2 Å². The van der Waals surface area contributed by atoms with Crippen LogP contribution in [0.4, 0.5) is 0 Å². The zero-order valence-electron chi connectivity index (χ0n) is 9.07. The van der Waals surface area contributed by atoms with Crippen LogP contribution in [0.3, 0.4) is 0 Å². The predicted octanol–water partition coefficient (Wildman–Crippen LogP) is 1.22. The Kier molecular flexibility index (Phi) is 3.16. The summed E-state index contributed by atoms with van der Waals surface area (Å²) in [6, 6.07) is 0. The molecule has 1 aliphatic rings. The molecule has 1 aromatic rings. The van der Waals surface area contributed by atoms with E-state index in [4.69, 9.17) is 0 Å². The summed E-state index contributed by atoms with van der Waals surface area (Å²) < 4.78 is 1.47. The molecule has 0 bridgehead atoms. The van der Waals surface area contributed by atoms with Crippen LogP contribution < -0.4 is 5.32 Å². The van der Waals surface area contributed by atoms with Crippen molar-refractivity contribution in [1.29, 1.82) is 0 Å². The number of aromatic nitrogens is 2. The van der Waals surface area contributed by atoms with E-state index < -0.39 is 0 Å². The SMILES string of the molecule is Cc1cnn(C(=O)CC2CCNCC2)c1. The fourth-order valence-corrected chi connectivity index (χ4v) is 1.98. The molecule has 1 N–H and O–H groups in total. The van der Waals surface area contributed by atoms with Crippen molar-refractivity contribution >= 4 is 5.91 Å². The number of hydrogen-bond donors (Lipinski definition) is 1. The third-order valence-electron chi connectivity index (χ3n) is 2.89. The second-order valence-electron chi connectivity index (χ2n) is 4.25. The first kappa shape index (κ1) is 10.4. The zero-order valence-corrected chi connectivity index (χ0v) is 9.07.